The van der Waals surface area contributed by atoms with Crippen molar-refractivity contribution in [3.05, 3.63) is 28.8 Å². The summed E-state index contributed by atoms with van der Waals surface area (Å²) in [6.07, 6.45) is 1.17. The van der Waals surface area contributed by atoms with Crippen molar-refractivity contribution in [1.29, 1.82) is 0 Å². The van der Waals surface area contributed by atoms with Gasteiger partial charge in [0.05, 0.1) is 18.2 Å². The molecule has 0 saturated carbocycles. The first-order valence-electron chi connectivity index (χ1n) is 5.86. The summed E-state index contributed by atoms with van der Waals surface area (Å²) in [6, 6.07) is 5.35. The largest absolute Gasteiger partial charge is 0.496 e. The van der Waals surface area contributed by atoms with E-state index in [4.69, 9.17) is 22.1 Å². The minimum Gasteiger partial charge on any atom is -0.496 e. The second-order valence-electron chi connectivity index (χ2n) is 4.09. The highest BCUT2D eigenvalue weighted by atomic mass is 35.5. The number of halogens is 1. The lowest BCUT2D eigenvalue weighted by Gasteiger charge is -2.23. The lowest BCUT2D eigenvalue weighted by atomic mass is 9.91. The van der Waals surface area contributed by atoms with Gasteiger partial charge in [-0.1, -0.05) is 31.0 Å². The van der Waals surface area contributed by atoms with Gasteiger partial charge in [-0.15, -0.1) is 0 Å². The Bertz CT molecular complexity index is 357. The summed E-state index contributed by atoms with van der Waals surface area (Å²) >= 11 is 6.12. The number of aliphatic hydroxyl groups excluding tert-OH is 1. The van der Waals surface area contributed by atoms with E-state index in [1.807, 2.05) is 0 Å². The fourth-order valence-electron chi connectivity index (χ4n) is 1.99. The van der Waals surface area contributed by atoms with Crippen molar-refractivity contribution >= 4 is 11.6 Å². The zero-order valence-corrected chi connectivity index (χ0v) is 11.1. The molecular weight excluding hydrogens is 238 g/mol. The van der Waals surface area contributed by atoms with Crippen LogP contribution >= 0.6 is 11.6 Å². The predicted molar refractivity (Wildman–Crippen MR) is 70.4 cm³/mol. The summed E-state index contributed by atoms with van der Waals surface area (Å²) in [5.74, 6) is 0.619. The van der Waals surface area contributed by atoms with Gasteiger partial charge in [0.15, 0.2) is 0 Å². The summed E-state index contributed by atoms with van der Waals surface area (Å²) < 4.78 is 5.23. The zero-order chi connectivity index (χ0) is 12.8. The van der Waals surface area contributed by atoms with Crippen LogP contribution in [0.15, 0.2) is 18.2 Å². The van der Waals surface area contributed by atoms with Crippen LogP contribution in [0.2, 0.25) is 5.02 Å². The maximum Gasteiger partial charge on any atom is 0.126 e. The van der Waals surface area contributed by atoms with Crippen molar-refractivity contribution in [1.82, 2.24) is 0 Å². The van der Waals surface area contributed by atoms with Gasteiger partial charge in [0.2, 0.25) is 0 Å². The second-order valence-corrected chi connectivity index (χ2v) is 4.49. The molecule has 2 atom stereocenters. The van der Waals surface area contributed by atoms with E-state index in [1.54, 1.807) is 25.3 Å². The molecule has 1 rings (SSSR count). The number of methoxy groups -OCH3 is 1. The molecule has 0 aromatic heterocycles. The van der Waals surface area contributed by atoms with Crippen molar-refractivity contribution in [2.45, 2.75) is 25.9 Å². The summed E-state index contributed by atoms with van der Waals surface area (Å²) in [4.78, 5) is 0. The first-order chi connectivity index (χ1) is 8.15. The molecule has 0 radical (unpaired) electrons. The molecule has 3 N–H and O–H groups in total. The molecule has 2 unspecified atom stereocenters. The smallest absolute Gasteiger partial charge is 0.126 e. The van der Waals surface area contributed by atoms with Gasteiger partial charge in [-0.3, -0.25) is 0 Å². The van der Waals surface area contributed by atoms with E-state index >= 15 is 0 Å². The van der Waals surface area contributed by atoms with E-state index in [0.717, 1.165) is 12.8 Å². The molecule has 1 aromatic rings. The quantitative estimate of drug-likeness (QED) is 0.824. The Morgan fingerprint density at radius 3 is 2.71 bits per heavy atom. The fraction of sp³-hybridized carbons (Fsp3) is 0.538. The lowest BCUT2D eigenvalue weighted by molar-refractivity contribution is 0.104. The monoisotopic (exact) mass is 257 g/mol. The second kappa shape index (κ2) is 6.84. The van der Waals surface area contributed by atoms with Crippen molar-refractivity contribution in [2.24, 2.45) is 11.7 Å². The zero-order valence-electron chi connectivity index (χ0n) is 10.3. The number of ether oxygens (including phenoxy) is 1. The average Bonchev–Trinajstić information content (AvgIpc) is 2.34. The highest BCUT2D eigenvalue weighted by Crippen LogP contribution is 2.36. The van der Waals surface area contributed by atoms with E-state index in [9.17, 15) is 5.11 Å². The van der Waals surface area contributed by atoms with Crippen LogP contribution in [0.4, 0.5) is 0 Å². The average molecular weight is 258 g/mol. The van der Waals surface area contributed by atoms with Gasteiger partial charge < -0.3 is 15.6 Å². The first-order valence-corrected chi connectivity index (χ1v) is 6.24. The van der Waals surface area contributed by atoms with Gasteiger partial charge in [-0.25, -0.2) is 0 Å². The minimum atomic E-state index is -0.677. The van der Waals surface area contributed by atoms with Gasteiger partial charge in [-0.2, -0.15) is 0 Å². The van der Waals surface area contributed by atoms with Crippen molar-refractivity contribution in [3.8, 4) is 5.75 Å². The van der Waals surface area contributed by atoms with Crippen LogP contribution in [0.25, 0.3) is 0 Å². The number of hydrogen-bond donors (Lipinski definition) is 2. The molecule has 0 amide bonds. The molecule has 17 heavy (non-hydrogen) atoms. The van der Waals surface area contributed by atoms with Crippen LogP contribution < -0.4 is 10.5 Å². The maximum atomic E-state index is 10.4. The van der Waals surface area contributed by atoms with Crippen LogP contribution in [0.5, 0.6) is 5.75 Å². The van der Waals surface area contributed by atoms with Gasteiger partial charge in [0.1, 0.15) is 5.75 Å². The Morgan fingerprint density at radius 1 is 1.47 bits per heavy atom. The number of nitrogens with two attached hydrogens (primary N) is 1. The van der Waals surface area contributed by atoms with Crippen molar-refractivity contribution in [3.63, 3.8) is 0 Å². The van der Waals surface area contributed by atoms with E-state index < -0.39 is 6.10 Å². The molecule has 4 heteroatoms. The number of aliphatic hydroxyl groups is 1. The Labute approximate surface area is 108 Å². The summed E-state index contributed by atoms with van der Waals surface area (Å²) in [5, 5.41) is 10.9. The third kappa shape index (κ3) is 3.35. The van der Waals surface area contributed by atoms with E-state index in [2.05, 4.69) is 6.92 Å². The summed E-state index contributed by atoms with van der Waals surface area (Å²) in [7, 11) is 1.57. The molecular formula is C13H20ClNO2. The molecule has 0 spiro atoms. The van der Waals surface area contributed by atoms with E-state index in [-0.39, 0.29) is 5.92 Å². The standard InChI is InChI=1S/C13H20ClNO2/c1-3-5-9(8-15)13(16)12-10(14)6-4-7-11(12)17-2/h4,6-7,9,13,16H,3,5,8,15H2,1-2H3. The predicted octanol–water partition coefficient (Wildman–Crippen LogP) is 2.76. The summed E-state index contributed by atoms with van der Waals surface area (Å²) in [6.45, 7) is 2.50. The third-order valence-electron chi connectivity index (χ3n) is 2.94. The van der Waals surface area contributed by atoms with Crippen LogP contribution in [-0.4, -0.2) is 18.8 Å². The van der Waals surface area contributed by atoms with Gasteiger partial charge in [-0.05, 0) is 25.1 Å². The Balaban J connectivity index is 3.04. The van der Waals surface area contributed by atoms with Gasteiger partial charge in [0, 0.05) is 11.5 Å². The Morgan fingerprint density at radius 2 is 2.18 bits per heavy atom. The fourth-order valence-corrected chi connectivity index (χ4v) is 2.27. The SMILES string of the molecule is CCCC(CN)C(O)c1c(Cl)cccc1OC. The Hall–Kier alpha value is -0.770. The Kier molecular flexibility index (Phi) is 5.75. The number of benzene rings is 1. The third-order valence-corrected chi connectivity index (χ3v) is 3.27. The molecule has 1 aromatic carbocycles. The summed E-state index contributed by atoms with van der Waals surface area (Å²) in [5.41, 5.74) is 6.33. The number of rotatable bonds is 6. The molecule has 0 aliphatic rings. The van der Waals surface area contributed by atoms with Crippen LogP contribution in [0.1, 0.15) is 31.4 Å². The van der Waals surface area contributed by atoms with Crippen LogP contribution in [-0.2, 0) is 0 Å². The lowest BCUT2D eigenvalue weighted by Crippen LogP contribution is -2.22. The molecule has 0 aliphatic carbocycles. The minimum absolute atomic E-state index is 0.00815. The highest BCUT2D eigenvalue weighted by molar-refractivity contribution is 6.31. The molecule has 3 nitrogen and oxygen atoms in total. The molecule has 0 fully saturated rings. The molecule has 0 saturated heterocycles. The highest BCUT2D eigenvalue weighted by Gasteiger charge is 2.24. The van der Waals surface area contributed by atoms with E-state index in [1.165, 1.54) is 0 Å². The molecule has 0 bridgehead atoms. The maximum absolute atomic E-state index is 10.4. The van der Waals surface area contributed by atoms with Crippen molar-refractivity contribution < 1.29 is 9.84 Å². The van der Waals surface area contributed by atoms with Crippen molar-refractivity contribution in [2.75, 3.05) is 13.7 Å². The topological polar surface area (TPSA) is 55.5 Å². The molecule has 96 valence electrons. The van der Waals surface area contributed by atoms with E-state index in [0.29, 0.717) is 22.9 Å². The van der Waals surface area contributed by atoms with Gasteiger partial charge in [0.25, 0.3) is 0 Å². The van der Waals surface area contributed by atoms with Gasteiger partial charge >= 0.3 is 0 Å². The van der Waals surface area contributed by atoms with Crippen LogP contribution in [0.3, 0.4) is 0 Å². The molecule has 0 aliphatic heterocycles. The molecule has 0 heterocycles. The normalized spacial score (nSPS) is 14.4. The number of hydrogen-bond acceptors (Lipinski definition) is 3. The first kappa shape index (κ1) is 14.3. The van der Waals surface area contributed by atoms with Crippen LogP contribution in [0, 0.1) is 5.92 Å².